The van der Waals surface area contributed by atoms with E-state index in [0.717, 1.165) is 27.3 Å². The van der Waals surface area contributed by atoms with Crippen LogP contribution in [0.25, 0.3) is 32.8 Å². The smallest absolute Gasteiger partial charge is 0.355 e. The summed E-state index contributed by atoms with van der Waals surface area (Å²) >= 11 is 6.75. The van der Waals surface area contributed by atoms with Crippen LogP contribution in [0.3, 0.4) is 0 Å². The summed E-state index contributed by atoms with van der Waals surface area (Å²) in [6.45, 7) is 4.50. The molecule has 0 atom stereocenters. The van der Waals surface area contributed by atoms with Gasteiger partial charge in [0.25, 0.3) is 0 Å². The summed E-state index contributed by atoms with van der Waals surface area (Å²) < 4.78 is 11.2. The number of H-pyrrole nitrogens is 1. The van der Waals surface area contributed by atoms with Crippen LogP contribution < -0.4 is 4.74 Å². The van der Waals surface area contributed by atoms with Crippen molar-refractivity contribution in [3.05, 3.63) is 65.3 Å². The molecule has 0 aliphatic heterocycles. The van der Waals surface area contributed by atoms with Gasteiger partial charge in [-0.05, 0) is 24.8 Å². The fourth-order valence-corrected chi connectivity index (χ4v) is 3.90. The largest absolute Gasteiger partial charge is 0.492 e. The third kappa shape index (κ3) is 2.90. The van der Waals surface area contributed by atoms with E-state index in [4.69, 9.17) is 21.1 Å². The zero-order valence-corrected chi connectivity index (χ0v) is 16.5. The highest BCUT2D eigenvalue weighted by Gasteiger charge is 2.25. The first-order valence-electron chi connectivity index (χ1n) is 9.28. The van der Waals surface area contributed by atoms with Crippen LogP contribution >= 0.6 is 11.6 Å². The molecule has 1 aromatic heterocycles. The van der Waals surface area contributed by atoms with E-state index in [0.29, 0.717) is 35.2 Å². The lowest BCUT2D eigenvalue weighted by molar-refractivity contribution is 0.0521. The van der Waals surface area contributed by atoms with E-state index in [2.05, 4.69) is 4.98 Å². The van der Waals surface area contributed by atoms with Crippen molar-refractivity contribution in [2.45, 2.75) is 13.8 Å². The Morgan fingerprint density at radius 2 is 1.64 bits per heavy atom. The molecule has 0 spiro atoms. The van der Waals surface area contributed by atoms with Gasteiger partial charge in [-0.2, -0.15) is 0 Å². The van der Waals surface area contributed by atoms with Gasteiger partial charge in [0.15, 0.2) is 0 Å². The number of aromatic amines is 1. The first kappa shape index (κ1) is 18.4. The molecular formula is C23H20ClNO3. The zero-order valence-electron chi connectivity index (χ0n) is 15.7. The minimum absolute atomic E-state index is 0.293. The lowest BCUT2D eigenvalue weighted by atomic mass is 9.97. The Labute approximate surface area is 168 Å². The molecule has 4 rings (SSSR count). The SMILES string of the molecule is CCOC(=O)c1[nH]c2c(Cl)c(OCC)c3ccccc3c2c1-c1ccccc1. The van der Waals surface area contributed by atoms with Gasteiger partial charge in [-0.15, -0.1) is 0 Å². The number of benzene rings is 3. The summed E-state index contributed by atoms with van der Waals surface area (Å²) in [6, 6.07) is 17.7. The van der Waals surface area contributed by atoms with Gasteiger partial charge in [0, 0.05) is 16.3 Å². The summed E-state index contributed by atoms with van der Waals surface area (Å²) in [4.78, 5) is 16.0. The number of carbonyl (C=O) groups is 1. The summed E-state index contributed by atoms with van der Waals surface area (Å²) in [6.07, 6.45) is 0. The van der Waals surface area contributed by atoms with Crippen molar-refractivity contribution in [3.63, 3.8) is 0 Å². The Kier molecular flexibility index (Phi) is 4.97. The first-order valence-corrected chi connectivity index (χ1v) is 9.66. The van der Waals surface area contributed by atoms with Crippen molar-refractivity contribution in [1.29, 1.82) is 0 Å². The second-order valence-corrected chi connectivity index (χ2v) is 6.71. The second-order valence-electron chi connectivity index (χ2n) is 6.33. The number of ether oxygens (including phenoxy) is 2. The Balaban J connectivity index is 2.18. The molecule has 4 aromatic rings. The summed E-state index contributed by atoms with van der Waals surface area (Å²) in [7, 11) is 0. The fraction of sp³-hybridized carbons (Fsp3) is 0.174. The van der Waals surface area contributed by atoms with Gasteiger partial charge in [-0.25, -0.2) is 4.79 Å². The predicted molar refractivity (Wildman–Crippen MR) is 113 cm³/mol. The van der Waals surface area contributed by atoms with E-state index in [9.17, 15) is 4.79 Å². The van der Waals surface area contributed by atoms with Gasteiger partial charge in [-0.1, -0.05) is 66.2 Å². The maximum Gasteiger partial charge on any atom is 0.355 e. The lowest BCUT2D eigenvalue weighted by Gasteiger charge is -2.12. The van der Waals surface area contributed by atoms with Crippen LogP contribution in [-0.2, 0) is 4.74 Å². The van der Waals surface area contributed by atoms with Crippen LogP contribution in [0, 0.1) is 0 Å². The van der Waals surface area contributed by atoms with Crippen molar-refractivity contribution in [3.8, 4) is 16.9 Å². The molecule has 1 heterocycles. The zero-order chi connectivity index (χ0) is 19.7. The van der Waals surface area contributed by atoms with Crippen molar-refractivity contribution >= 4 is 39.2 Å². The summed E-state index contributed by atoms with van der Waals surface area (Å²) in [5.74, 6) is 0.208. The van der Waals surface area contributed by atoms with Crippen molar-refractivity contribution in [2.75, 3.05) is 13.2 Å². The minimum Gasteiger partial charge on any atom is -0.492 e. The van der Waals surface area contributed by atoms with E-state index in [1.165, 1.54) is 0 Å². The molecule has 5 heteroatoms. The van der Waals surface area contributed by atoms with Gasteiger partial charge in [0.05, 0.1) is 18.7 Å². The topological polar surface area (TPSA) is 51.3 Å². The second kappa shape index (κ2) is 7.56. The molecule has 0 saturated heterocycles. The average molecular weight is 394 g/mol. The molecule has 0 unspecified atom stereocenters. The van der Waals surface area contributed by atoms with Gasteiger partial charge < -0.3 is 14.5 Å². The standard InChI is InChI=1S/C23H20ClNO3/c1-3-27-22-16-13-9-8-12-15(16)18-17(14-10-6-5-7-11-14)21(23(26)28-4-2)25-20(18)19(22)24/h5-13,25H,3-4H2,1-2H3. The number of nitrogens with one attached hydrogen (secondary N) is 1. The highest BCUT2D eigenvalue weighted by molar-refractivity contribution is 6.40. The van der Waals surface area contributed by atoms with Crippen molar-refractivity contribution in [1.82, 2.24) is 4.98 Å². The molecule has 0 amide bonds. The van der Waals surface area contributed by atoms with E-state index >= 15 is 0 Å². The highest BCUT2D eigenvalue weighted by Crippen LogP contribution is 2.46. The van der Waals surface area contributed by atoms with Gasteiger partial charge in [0.1, 0.15) is 16.5 Å². The predicted octanol–water partition coefficient (Wildman–Crippen LogP) is 6.22. The number of fused-ring (bicyclic) bond motifs is 3. The Bertz CT molecular complexity index is 1170. The molecule has 0 bridgehead atoms. The van der Waals surface area contributed by atoms with Crippen LogP contribution in [0.5, 0.6) is 5.75 Å². The fourth-order valence-electron chi connectivity index (χ4n) is 3.60. The van der Waals surface area contributed by atoms with Crippen LogP contribution in [0.1, 0.15) is 24.3 Å². The summed E-state index contributed by atoms with van der Waals surface area (Å²) in [5.41, 5.74) is 2.77. The molecule has 1 N–H and O–H groups in total. The van der Waals surface area contributed by atoms with Gasteiger partial charge >= 0.3 is 5.97 Å². The molecule has 142 valence electrons. The summed E-state index contributed by atoms with van der Waals surface area (Å²) in [5, 5.41) is 3.23. The van der Waals surface area contributed by atoms with E-state index in [1.54, 1.807) is 6.92 Å². The monoisotopic (exact) mass is 393 g/mol. The number of halogens is 1. The van der Waals surface area contributed by atoms with E-state index in [1.807, 2.05) is 61.5 Å². The lowest BCUT2D eigenvalue weighted by Crippen LogP contribution is -2.06. The number of hydrogen-bond acceptors (Lipinski definition) is 3. The molecule has 0 saturated carbocycles. The van der Waals surface area contributed by atoms with Crippen LogP contribution in [-0.4, -0.2) is 24.2 Å². The van der Waals surface area contributed by atoms with Crippen LogP contribution in [0.15, 0.2) is 54.6 Å². The molecule has 0 radical (unpaired) electrons. The molecule has 0 fully saturated rings. The van der Waals surface area contributed by atoms with Crippen LogP contribution in [0.4, 0.5) is 0 Å². The molecule has 0 aliphatic rings. The van der Waals surface area contributed by atoms with Crippen LogP contribution in [0.2, 0.25) is 5.02 Å². The number of esters is 1. The third-order valence-corrected chi connectivity index (χ3v) is 5.05. The van der Waals surface area contributed by atoms with Gasteiger partial charge in [-0.3, -0.25) is 0 Å². The maximum atomic E-state index is 12.7. The van der Waals surface area contributed by atoms with E-state index < -0.39 is 5.97 Å². The Hall–Kier alpha value is -2.98. The number of hydrogen-bond donors (Lipinski definition) is 1. The third-order valence-electron chi connectivity index (χ3n) is 4.69. The first-order chi connectivity index (χ1) is 13.7. The highest BCUT2D eigenvalue weighted by atomic mass is 35.5. The van der Waals surface area contributed by atoms with E-state index in [-0.39, 0.29) is 0 Å². The molecule has 3 aromatic carbocycles. The molecule has 28 heavy (non-hydrogen) atoms. The Morgan fingerprint density at radius 3 is 2.32 bits per heavy atom. The minimum atomic E-state index is -0.407. The number of carbonyl (C=O) groups excluding carboxylic acids is 1. The Morgan fingerprint density at radius 1 is 0.964 bits per heavy atom. The maximum absolute atomic E-state index is 12.7. The molecule has 4 nitrogen and oxygen atoms in total. The average Bonchev–Trinajstić information content (AvgIpc) is 3.13. The normalized spacial score (nSPS) is 11.1. The molecular weight excluding hydrogens is 374 g/mol. The number of rotatable bonds is 5. The van der Waals surface area contributed by atoms with Crippen molar-refractivity contribution in [2.24, 2.45) is 0 Å². The van der Waals surface area contributed by atoms with Crippen molar-refractivity contribution < 1.29 is 14.3 Å². The number of aromatic nitrogens is 1. The molecule has 0 aliphatic carbocycles. The van der Waals surface area contributed by atoms with Gasteiger partial charge in [0.2, 0.25) is 0 Å². The quantitative estimate of drug-likeness (QED) is 0.409.